The average Bonchev–Trinajstić information content (AvgIpc) is 2.25. The molecule has 0 saturated carbocycles. The molecule has 3 N–H and O–H groups in total. The van der Waals surface area contributed by atoms with E-state index < -0.39 is 0 Å². The number of aromatic nitrogens is 1. The van der Waals surface area contributed by atoms with Crippen LogP contribution in [0.3, 0.4) is 0 Å². The maximum absolute atomic E-state index is 5.96. The number of hydrogen-bond acceptors (Lipinski definition) is 3. The Kier molecular flexibility index (Phi) is 8.64. The van der Waals surface area contributed by atoms with Gasteiger partial charge in [0.2, 0.25) is 0 Å². The molecule has 1 aromatic heterocycles. The smallest absolute Gasteiger partial charge is 0.151 e. The Bertz CT molecular complexity index is 346. The van der Waals surface area contributed by atoms with E-state index in [0.29, 0.717) is 18.8 Å². The highest BCUT2D eigenvalue weighted by atomic mass is 35.5. The van der Waals surface area contributed by atoms with E-state index in [1.807, 2.05) is 0 Å². The second-order valence-corrected chi connectivity index (χ2v) is 4.59. The molecule has 1 rings (SSSR count). The van der Waals surface area contributed by atoms with E-state index in [9.17, 15) is 0 Å². The Balaban J connectivity index is 0.00000256. The third-order valence-electron chi connectivity index (χ3n) is 1.93. The van der Waals surface area contributed by atoms with Gasteiger partial charge in [0.05, 0.1) is 5.69 Å². The van der Waals surface area contributed by atoms with Gasteiger partial charge in [0, 0.05) is 6.54 Å². The zero-order valence-electron chi connectivity index (χ0n) is 8.77. The van der Waals surface area contributed by atoms with Crippen LogP contribution in [0.25, 0.3) is 0 Å². The Labute approximate surface area is 126 Å². The van der Waals surface area contributed by atoms with E-state index >= 15 is 0 Å². The molecule has 0 atom stereocenters. The molecular weight excluding hydrogens is 327 g/mol. The van der Waals surface area contributed by atoms with Crippen LogP contribution in [-0.4, -0.2) is 18.1 Å². The van der Waals surface area contributed by atoms with Gasteiger partial charge in [0.1, 0.15) is 10.0 Å². The van der Waals surface area contributed by atoms with E-state index in [-0.39, 0.29) is 32.8 Å². The third kappa shape index (κ3) is 4.86. The number of rotatable bonds is 5. The van der Waals surface area contributed by atoms with Gasteiger partial charge in [-0.25, -0.2) is 4.98 Å². The number of nitrogens with two attached hydrogens (primary N) is 1. The van der Waals surface area contributed by atoms with Crippen LogP contribution in [0.4, 0.5) is 5.69 Å². The summed E-state index contributed by atoms with van der Waals surface area (Å²) < 4.78 is 0. The molecule has 0 bridgehead atoms. The highest BCUT2D eigenvalue weighted by Crippen LogP contribution is 2.38. The lowest BCUT2D eigenvalue weighted by Crippen LogP contribution is -2.07. The number of nitrogens with one attached hydrogen (secondary N) is 1. The standard InChI is InChI=1S/C9H11Cl4N3.ClH/c10-5-7(15-4-2-1-3-14)6(11)9(13)16-8(5)12;/h1-4,14H2,(H,15,16);1H. The SMILES string of the molecule is Cl.NCCCCNc1c(Cl)c(Cl)nc(Cl)c1Cl. The van der Waals surface area contributed by atoms with Gasteiger partial charge in [-0.3, -0.25) is 0 Å². The van der Waals surface area contributed by atoms with Crippen LogP contribution in [0.5, 0.6) is 0 Å². The van der Waals surface area contributed by atoms with Gasteiger partial charge in [-0.2, -0.15) is 0 Å². The molecule has 0 fully saturated rings. The number of nitrogens with zero attached hydrogens (tertiary/aromatic N) is 1. The fourth-order valence-electron chi connectivity index (χ4n) is 1.12. The molecule has 3 nitrogen and oxygen atoms in total. The summed E-state index contributed by atoms with van der Waals surface area (Å²) in [5.41, 5.74) is 5.90. The topological polar surface area (TPSA) is 50.9 Å². The molecule has 0 radical (unpaired) electrons. The number of hydrogen-bond donors (Lipinski definition) is 2. The Morgan fingerprint density at radius 1 is 1.00 bits per heavy atom. The lowest BCUT2D eigenvalue weighted by atomic mass is 10.3. The number of unbranched alkanes of at least 4 members (excludes halogenated alkanes) is 1. The summed E-state index contributed by atoms with van der Waals surface area (Å²) in [7, 11) is 0. The first-order valence-corrected chi connectivity index (χ1v) is 6.23. The van der Waals surface area contributed by atoms with E-state index in [1.165, 1.54) is 0 Å². The van der Waals surface area contributed by atoms with Crippen molar-refractivity contribution in [3.8, 4) is 0 Å². The Morgan fingerprint density at radius 2 is 1.53 bits per heavy atom. The number of anilines is 1. The quantitative estimate of drug-likeness (QED) is 0.622. The molecule has 0 aliphatic heterocycles. The molecule has 0 spiro atoms. The monoisotopic (exact) mass is 337 g/mol. The molecule has 0 amide bonds. The summed E-state index contributed by atoms with van der Waals surface area (Å²) in [6, 6.07) is 0. The van der Waals surface area contributed by atoms with Gasteiger partial charge in [0.15, 0.2) is 10.3 Å². The Hall–Kier alpha value is 0.360. The van der Waals surface area contributed by atoms with Crippen molar-refractivity contribution in [3.63, 3.8) is 0 Å². The lowest BCUT2D eigenvalue weighted by molar-refractivity contribution is 0.774. The van der Waals surface area contributed by atoms with E-state index in [2.05, 4.69) is 10.3 Å². The van der Waals surface area contributed by atoms with Crippen LogP contribution in [-0.2, 0) is 0 Å². The van der Waals surface area contributed by atoms with Crippen LogP contribution < -0.4 is 11.1 Å². The first kappa shape index (κ1) is 17.4. The molecule has 0 aliphatic rings. The molecule has 8 heteroatoms. The summed E-state index contributed by atoms with van der Waals surface area (Å²) in [6.07, 6.45) is 1.84. The molecule has 1 heterocycles. The van der Waals surface area contributed by atoms with Crippen molar-refractivity contribution in [2.24, 2.45) is 5.73 Å². The largest absolute Gasteiger partial charge is 0.382 e. The molecular formula is C9H12Cl5N3. The van der Waals surface area contributed by atoms with Gasteiger partial charge in [-0.05, 0) is 19.4 Å². The molecule has 1 aromatic rings. The fourth-order valence-corrected chi connectivity index (χ4v) is 1.98. The van der Waals surface area contributed by atoms with Gasteiger partial charge in [-0.1, -0.05) is 46.4 Å². The summed E-state index contributed by atoms with van der Waals surface area (Å²) >= 11 is 23.5. The number of halogens is 5. The first-order chi connectivity index (χ1) is 7.57. The van der Waals surface area contributed by atoms with Gasteiger partial charge in [-0.15, -0.1) is 12.4 Å². The predicted octanol–water partition coefficient (Wildman–Crippen LogP) is 4.27. The minimum Gasteiger partial charge on any atom is -0.382 e. The highest BCUT2D eigenvalue weighted by molar-refractivity contribution is 6.48. The van der Waals surface area contributed by atoms with Crippen molar-refractivity contribution < 1.29 is 0 Å². The van der Waals surface area contributed by atoms with E-state index in [4.69, 9.17) is 52.1 Å². The Morgan fingerprint density at radius 3 is 2.00 bits per heavy atom. The van der Waals surface area contributed by atoms with Crippen LogP contribution in [0, 0.1) is 0 Å². The fraction of sp³-hybridized carbons (Fsp3) is 0.444. The minimum atomic E-state index is 0. The van der Waals surface area contributed by atoms with Gasteiger partial charge in [0.25, 0.3) is 0 Å². The highest BCUT2D eigenvalue weighted by Gasteiger charge is 2.14. The van der Waals surface area contributed by atoms with E-state index in [0.717, 1.165) is 12.8 Å². The maximum Gasteiger partial charge on any atom is 0.151 e. The van der Waals surface area contributed by atoms with Crippen LogP contribution in [0.1, 0.15) is 12.8 Å². The zero-order chi connectivity index (χ0) is 12.1. The molecule has 0 saturated heterocycles. The second-order valence-electron chi connectivity index (χ2n) is 3.12. The summed E-state index contributed by atoms with van der Waals surface area (Å²) in [4.78, 5) is 3.78. The van der Waals surface area contributed by atoms with Crippen molar-refractivity contribution >= 4 is 64.5 Å². The normalized spacial score (nSPS) is 9.94. The molecule has 0 aliphatic carbocycles. The third-order valence-corrected chi connectivity index (χ3v) is 3.41. The lowest BCUT2D eigenvalue weighted by Gasteiger charge is -2.11. The average molecular weight is 339 g/mol. The van der Waals surface area contributed by atoms with Crippen LogP contribution >= 0.6 is 58.8 Å². The molecule has 0 unspecified atom stereocenters. The van der Waals surface area contributed by atoms with Crippen LogP contribution in [0.2, 0.25) is 20.4 Å². The van der Waals surface area contributed by atoms with Crippen molar-refractivity contribution in [2.75, 3.05) is 18.4 Å². The van der Waals surface area contributed by atoms with Crippen molar-refractivity contribution in [3.05, 3.63) is 20.4 Å². The summed E-state index contributed by atoms with van der Waals surface area (Å²) in [6.45, 7) is 1.36. The molecule has 0 aromatic carbocycles. The minimum absolute atomic E-state index is 0. The molecule has 17 heavy (non-hydrogen) atoms. The van der Waals surface area contributed by atoms with Crippen molar-refractivity contribution in [1.82, 2.24) is 4.98 Å². The maximum atomic E-state index is 5.96. The van der Waals surface area contributed by atoms with Gasteiger partial charge < -0.3 is 11.1 Å². The summed E-state index contributed by atoms with van der Waals surface area (Å²) in [5, 5.41) is 3.90. The van der Waals surface area contributed by atoms with Crippen molar-refractivity contribution in [1.29, 1.82) is 0 Å². The summed E-state index contributed by atoms with van der Waals surface area (Å²) in [5.74, 6) is 0. The zero-order valence-corrected chi connectivity index (χ0v) is 12.6. The van der Waals surface area contributed by atoms with Crippen molar-refractivity contribution in [2.45, 2.75) is 12.8 Å². The second kappa shape index (κ2) is 8.46. The predicted molar refractivity (Wildman–Crippen MR) is 78.3 cm³/mol. The van der Waals surface area contributed by atoms with Gasteiger partial charge >= 0.3 is 0 Å². The number of pyridine rings is 1. The first-order valence-electron chi connectivity index (χ1n) is 4.71. The van der Waals surface area contributed by atoms with E-state index in [1.54, 1.807) is 0 Å². The van der Waals surface area contributed by atoms with Crippen LogP contribution in [0.15, 0.2) is 0 Å². The molecule has 98 valence electrons.